The number of carbonyl (C=O) groups excluding carboxylic acids is 4. The number of aliphatic hydroxyl groups excluding tert-OH is 1. The fourth-order valence-electron chi connectivity index (χ4n) is 2.48. The first-order chi connectivity index (χ1) is 14.0. The number of nitrogens with two attached hydrogens (primary N) is 3. The Bertz CT molecular complexity index is 613. The fourth-order valence-corrected chi connectivity index (χ4v) is 2.48. The number of rotatable bonds is 15. The van der Waals surface area contributed by atoms with Crippen molar-refractivity contribution in [1.29, 1.82) is 0 Å². The van der Waals surface area contributed by atoms with Gasteiger partial charge in [-0.25, -0.2) is 4.79 Å². The minimum atomic E-state index is -1.50. The van der Waals surface area contributed by atoms with E-state index in [9.17, 15) is 34.2 Å². The summed E-state index contributed by atoms with van der Waals surface area (Å²) in [6.45, 7) is 1.27. The molecule has 30 heavy (non-hydrogen) atoms. The maximum absolute atomic E-state index is 12.6. The standard InChI is InChI=1S/C17H32N6O7/c1-9(24)14(16(28)22-11(17(29)30)5-6-12(20)25)23-15(27)10(4-2-3-7-18)21-13(26)8-19/h9-11,14,24H,2-8,18-19H2,1H3,(H2,20,25)(H,21,26)(H,22,28)(H,23,27)(H,29,30). The molecule has 11 N–H and O–H groups in total. The zero-order valence-electron chi connectivity index (χ0n) is 16.9. The van der Waals surface area contributed by atoms with Crippen LogP contribution in [0.5, 0.6) is 0 Å². The van der Waals surface area contributed by atoms with Crippen molar-refractivity contribution in [2.45, 2.75) is 63.3 Å². The molecule has 0 aliphatic rings. The molecule has 0 heterocycles. The van der Waals surface area contributed by atoms with Gasteiger partial charge in [0, 0.05) is 6.42 Å². The highest BCUT2D eigenvalue weighted by Gasteiger charge is 2.32. The van der Waals surface area contributed by atoms with E-state index >= 15 is 0 Å². The number of carboxylic acids is 1. The van der Waals surface area contributed by atoms with Crippen molar-refractivity contribution in [3.63, 3.8) is 0 Å². The minimum absolute atomic E-state index is 0.222. The van der Waals surface area contributed by atoms with E-state index < -0.39 is 53.8 Å². The van der Waals surface area contributed by atoms with E-state index in [4.69, 9.17) is 17.2 Å². The molecule has 0 bridgehead atoms. The number of carboxylic acid groups (broad SMARTS) is 1. The highest BCUT2D eigenvalue weighted by Crippen LogP contribution is 2.04. The molecule has 4 unspecified atom stereocenters. The smallest absolute Gasteiger partial charge is 0.326 e. The molecule has 0 aromatic heterocycles. The average molecular weight is 432 g/mol. The lowest BCUT2D eigenvalue weighted by molar-refractivity contribution is -0.143. The van der Waals surface area contributed by atoms with Crippen molar-refractivity contribution < 1.29 is 34.2 Å². The van der Waals surface area contributed by atoms with E-state index in [1.807, 2.05) is 0 Å². The van der Waals surface area contributed by atoms with E-state index in [1.165, 1.54) is 6.92 Å². The molecule has 0 aliphatic carbocycles. The summed E-state index contributed by atoms with van der Waals surface area (Å²) in [5, 5.41) is 26.0. The van der Waals surface area contributed by atoms with Gasteiger partial charge in [-0.2, -0.15) is 0 Å². The number of aliphatic hydroxyl groups is 1. The van der Waals surface area contributed by atoms with Gasteiger partial charge in [-0.05, 0) is 39.2 Å². The molecule has 0 saturated carbocycles. The molecule has 0 saturated heterocycles. The SMILES string of the molecule is CC(O)C(NC(=O)C(CCCCN)NC(=O)CN)C(=O)NC(CCC(N)=O)C(=O)O. The molecule has 4 atom stereocenters. The zero-order valence-corrected chi connectivity index (χ0v) is 16.9. The van der Waals surface area contributed by atoms with Gasteiger partial charge in [0.1, 0.15) is 18.1 Å². The third-order valence-electron chi connectivity index (χ3n) is 4.14. The van der Waals surface area contributed by atoms with Crippen LogP contribution in [0.15, 0.2) is 0 Å². The summed E-state index contributed by atoms with van der Waals surface area (Å²) < 4.78 is 0. The van der Waals surface area contributed by atoms with Gasteiger partial charge in [-0.15, -0.1) is 0 Å². The Morgan fingerprint density at radius 1 is 0.900 bits per heavy atom. The van der Waals surface area contributed by atoms with Gasteiger partial charge in [-0.3, -0.25) is 19.2 Å². The normalized spacial score (nSPS) is 14.7. The van der Waals surface area contributed by atoms with Crippen LogP contribution in [0.25, 0.3) is 0 Å². The molecule has 13 nitrogen and oxygen atoms in total. The average Bonchev–Trinajstić information content (AvgIpc) is 2.67. The van der Waals surface area contributed by atoms with Crippen molar-refractivity contribution in [2.24, 2.45) is 17.2 Å². The number of amides is 4. The highest BCUT2D eigenvalue weighted by molar-refractivity contribution is 5.94. The predicted molar refractivity (Wildman–Crippen MR) is 105 cm³/mol. The third-order valence-corrected chi connectivity index (χ3v) is 4.14. The summed E-state index contributed by atoms with van der Waals surface area (Å²) in [4.78, 5) is 58.8. The lowest BCUT2D eigenvalue weighted by Crippen LogP contribution is -2.59. The lowest BCUT2D eigenvalue weighted by atomic mass is 10.1. The summed E-state index contributed by atoms with van der Waals surface area (Å²) in [5.74, 6) is -4.46. The Balaban J connectivity index is 5.23. The minimum Gasteiger partial charge on any atom is -0.480 e. The second-order valence-electron chi connectivity index (χ2n) is 6.74. The van der Waals surface area contributed by atoms with E-state index in [-0.39, 0.29) is 25.8 Å². The van der Waals surface area contributed by atoms with Gasteiger partial charge in [0.15, 0.2) is 0 Å². The first-order valence-electron chi connectivity index (χ1n) is 9.52. The molecule has 0 rings (SSSR count). The summed E-state index contributed by atoms with van der Waals surface area (Å²) in [6, 6.07) is -3.97. The van der Waals surface area contributed by atoms with E-state index in [1.54, 1.807) is 0 Å². The molecule has 13 heteroatoms. The molecule has 0 spiro atoms. The molecule has 0 radical (unpaired) electrons. The van der Waals surface area contributed by atoms with Gasteiger partial charge in [0.25, 0.3) is 0 Å². The van der Waals surface area contributed by atoms with Gasteiger partial charge in [0.05, 0.1) is 12.6 Å². The number of hydrogen-bond donors (Lipinski definition) is 8. The number of primary amides is 1. The Hall–Kier alpha value is -2.77. The fraction of sp³-hybridized carbons (Fsp3) is 0.706. The molecule has 0 aliphatic heterocycles. The van der Waals surface area contributed by atoms with E-state index in [2.05, 4.69) is 16.0 Å². The van der Waals surface area contributed by atoms with Crippen LogP contribution in [-0.2, 0) is 24.0 Å². The largest absolute Gasteiger partial charge is 0.480 e. The van der Waals surface area contributed by atoms with Gasteiger partial charge in [-0.1, -0.05) is 0 Å². The van der Waals surface area contributed by atoms with Crippen molar-refractivity contribution in [1.82, 2.24) is 16.0 Å². The van der Waals surface area contributed by atoms with Crippen molar-refractivity contribution in [3.8, 4) is 0 Å². The molecule has 4 amide bonds. The summed E-state index contributed by atoms with van der Waals surface area (Å²) >= 11 is 0. The number of aliphatic carboxylic acids is 1. The monoisotopic (exact) mass is 432 g/mol. The molecular weight excluding hydrogens is 400 g/mol. The molecule has 172 valence electrons. The van der Waals surface area contributed by atoms with Crippen LogP contribution in [0.3, 0.4) is 0 Å². The van der Waals surface area contributed by atoms with E-state index in [0.29, 0.717) is 19.4 Å². The van der Waals surface area contributed by atoms with Crippen LogP contribution in [-0.4, -0.2) is 77.1 Å². The van der Waals surface area contributed by atoms with Crippen LogP contribution in [0, 0.1) is 0 Å². The second kappa shape index (κ2) is 14.3. The van der Waals surface area contributed by atoms with Crippen molar-refractivity contribution in [2.75, 3.05) is 13.1 Å². The maximum Gasteiger partial charge on any atom is 0.326 e. The number of hydrogen-bond acceptors (Lipinski definition) is 8. The van der Waals surface area contributed by atoms with Crippen molar-refractivity contribution in [3.05, 3.63) is 0 Å². The molecule has 0 aromatic carbocycles. The molecule has 0 fully saturated rings. The van der Waals surface area contributed by atoms with E-state index in [0.717, 1.165) is 0 Å². The number of unbranched alkanes of at least 4 members (excludes halogenated alkanes) is 1. The lowest BCUT2D eigenvalue weighted by Gasteiger charge is -2.26. The molecular formula is C17H32N6O7. The van der Waals surface area contributed by atoms with Crippen LogP contribution in [0.2, 0.25) is 0 Å². The Labute approximate surface area is 174 Å². The summed E-state index contributed by atoms with van der Waals surface area (Å²) in [5.41, 5.74) is 15.7. The van der Waals surface area contributed by atoms with Gasteiger partial charge in [0.2, 0.25) is 23.6 Å². The van der Waals surface area contributed by atoms with Crippen LogP contribution >= 0.6 is 0 Å². The summed E-state index contributed by atoms with van der Waals surface area (Å²) in [6.07, 6.45) is -0.585. The second-order valence-corrected chi connectivity index (χ2v) is 6.74. The third kappa shape index (κ3) is 10.7. The zero-order chi connectivity index (χ0) is 23.3. The maximum atomic E-state index is 12.6. The first-order valence-corrected chi connectivity index (χ1v) is 9.52. The van der Waals surface area contributed by atoms with Gasteiger partial charge >= 0.3 is 5.97 Å². The summed E-state index contributed by atoms with van der Waals surface area (Å²) in [7, 11) is 0. The van der Waals surface area contributed by atoms with Gasteiger partial charge < -0.3 is 43.4 Å². The quantitative estimate of drug-likeness (QED) is 0.118. The number of nitrogens with one attached hydrogen (secondary N) is 3. The predicted octanol–water partition coefficient (Wildman–Crippen LogP) is -3.74. The van der Waals surface area contributed by atoms with Crippen LogP contribution in [0.4, 0.5) is 0 Å². The van der Waals surface area contributed by atoms with Crippen LogP contribution in [0.1, 0.15) is 39.0 Å². The highest BCUT2D eigenvalue weighted by atomic mass is 16.4. The topological polar surface area (TPSA) is 240 Å². The Kier molecular flexibility index (Phi) is 12.9. The Morgan fingerprint density at radius 3 is 2.00 bits per heavy atom. The first kappa shape index (κ1) is 27.2. The van der Waals surface area contributed by atoms with Crippen LogP contribution < -0.4 is 33.2 Å². The Morgan fingerprint density at radius 2 is 1.53 bits per heavy atom. The van der Waals surface area contributed by atoms with Crippen molar-refractivity contribution >= 4 is 29.6 Å². The molecule has 0 aromatic rings. The number of carbonyl (C=O) groups is 5.